The van der Waals surface area contributed by atoms with Crippen LogP contribution in [0.25, 0.3) is 0 Å². The minimum Gasteiger partial charge on any atom is -0.356 e. The van der Waals surface area contributed by atoms with Gasteiger partial charge in [-0.2, -0.15) is 5.10 Å². The second-order valence-electron chi connectivity index (χ2n) is 5.47. The molecule has 2 aliphatic rings. The topological polar surface area (TPSA) is 67.1 Å². The van der Waals surface area contributed by atoms with Crippen molar-refractivity contribution in [2.24, 2.45) is 10.9 Å². The molecule has 0 bridgehead atoms. The summed E-state index contributed by atoms with van der Waals surface area (Å²) in [4.78, 5) is 8.54. The van der Waals surface area contributed by atoms with E-state index in [1.165, 1.54) is 19.3 Å². The van der Waals surface area contributed by atoms with Crippen LogP contribution in [0.1, 0.15) is 31.5 Å². The van der Waals surface area contributed by atoms with Crippen molar-refractivity contribution >= 4 is 29.9 Å². The molecule has 0 aromatic carbocycles. The Hall–Kier alpha value is -0.860. The maximum absolute atomic E-state index is 4.29. The van der Waals surface area contributed by atoms with Gasteiger partial charge in [-0.3, -0.25) is 4.99 Å². The smallest absolute Gasteiger partial charge is 0.191 e. The Morgan fingerprint density at radius 3 is 3.05 bits per heavy atom. The zero-order valence-electron chi connectivity index (χ0n) is 11.9. The molecule has 1 unspecified atom stereocenters. The van der Waals surface area contributed by atoms with Crippen molar-refractivity contribution < 1.29 is 0 Å². The summed E-state index contributed by atoms with van der Waals surface area (Å²) in [5, 5.41) is 11.1. The third-order valence-electron chi connectivity index (χ3n) is 3.91. The van der Waals surface area contributed by atoms with Crippen LogP contribution < -0.4 is 10.6 Å². The van der Waals surface area contributed by atoms with E-state index < -0.39 is 0 Å². The number of hydrogen-bond donors (Lipinski definition) is 2. The van der Waals surface area contributed by atoms with Crippen LogP contribution >= 0.6 is 24.0 Å². The van der Waals surface area contributed by atoms with Gasteiger partial charge >= 0.3 is 0 Å². The molecular formula is C13H23IN6. The van der Waals surface area contributed by atoms with Crippen LogP contribution in [0.5, 0.6) is 0 Å². The largest absolute Gasteiger partial charge is 0.356 e. The molecule has 20 heavy (non-hydrogen) atoms. The van der Waals surface area contributed by atoms with Crippen molar-refractivity contribution in [3.63, 3.8) is 0 Å². The first-order chi connectivity index (χ1) is 9.35. The number of aliphatic imine (C=N–C) groups is 1. The van der Waals surface area contributed by atoms with E-state index in [4.69, 9.17) is 0 Å². The maximum Gasteiger partial charge on any atom is 0.191 e. The molecule has 1 aromatic heterocycles. The average molecular weight is 390 g/mol. The Morgan fingerprint density at radius 2 is 2.30 bits per heavy atom. The number of halogens is 1. The molecular weight excluding hydrogens is 367 g/mol. The van der Waals surface area contributed by atoms with Crippen molar-refractivity contribution in [1.82, 2.24) is 25.4 Å². The second-order valence-corrected chi connectivity index (χ2v) is 5.47. The van der Waals surface area contributed by atoms with Gasteiger partial charge in [0.15, 0.2) is 5.96 Å². The SMILES string of the molecule is CN=C(NCCC1CC1)NC1CCc2ncnn2C1.I. The van der Waals surface area contributed by atoms with E-state index in [0.29, 0.717) is 6.04 Å². The highest BCUT2D eigenvalue weighted by Crippen LogP contribution is 2.31. The number of rotatable bonds is 4. The lowest BCUT2D eigenvalue weighted by molar-refractivity contribution is 0.392. The molecule has 1 atom stereocenters. The molecule has 2 N–H and O–H groups in total. The lowest BCUT2D eigenvalue weighted by Gasteiger charge is -2.25. The van der Waals surface area contributed by atoms with Gasteiger partial charge in [-0.05, 0) is 18.8 Å². The molecule has 1 aliphatic heterocycles. The first kappa shape index (κ1) is 15.5. The summed E-state index contributed by atoms with van der Waals surface area (Å²) in [6, 6.07) is 0.390. The fourth-order valence-electron chi connectivity index (χ4n) is 2.54. The predicted octanol–water partition coefficient (Wildman–Crippen LogP) is 1.18. The molecule has 7 heteroatoms. The van der Waals surface area contributed by atoms with Crippen LogP contribution in [0, 0.1) is 5.92 Å². The molecule has 1 aromatic rings. The summed E-state index contributed by atoms with van der Waals surface area (Å²) >= 11 is 0. The highest BCUT2D eigenvalue weighted by molar-refractivity contribution is 14.0. The van der Waals surface area contributed by atoms with E-state index in [9.17, 15) is 0 Å². The van der Waals surface area contributed by atoms with Gasteiger partial charge in [0.1, 0.15) is 12.2 Å². The van der Waals surface area contributed by atoms with E-state index in [1.807, 2.05) is 11.7 Å². The van der Waals surface area contributed by atoms with Gasteiger partial charge in [0.2, 0.25) is 0 Å². The second kappa shape index (κ2) is 7.24. The number of nitrogens with zero attached hydrogens (tertiary/aromatic N) is 4. The summed E-state index contributed by atoms with van der Waals surface area (Å²) in [6.07, 6.45) is 7.79. The highest BCUT2D eigenvalue weighted by Gasteiger charge is 2.22. The van der Waals surface area contributed by atoms with E-state index in [1.54, 1.807) is 6.33 Å². The quantitative estimate of drug-likeness (QED) is 0.460. The lowest BCUT2D eigenvalue weighted by atomic mass is 10.1. The highest BCUT2D eigenvalue weighted by atomic mass is 127. The summed E-state index contributed by atoms with van der Waals surface area (Å²) < 4.78 is 1.98. The van der Waals surface area contributed by atoms with Crippen LogP contribution in [0.3, 0.4) is 0 Å². The van der Waals surface area contributed by atoms with Crippen LogP contribution in [0.4, 0.5) is 0 Å². The summed E-state index contributed by atoms with van der Waals surface area (Å²) in [7, 11) is 1.83. The van der Waals surface area contributed by atoms with Gasteiger partial charge in [0.05, 0.1) is 6.54 Å². The van der Waals surface area contributed by atoms with Gasteiger partial charge < -0.3 is 10.6 Å². The molecule has 0 radical (unpaired) electrons. The third-order valence-corrected chi connectivity index (χ3v) is 3.91. The predicted molar refractivity (Wildman–Crippen MR) is 89.4 cm³/mol. The van der Waals surface area contributed by atoms with Crippen LogP contribution in [0.15, 0.2) is 11.3 Å². The van der Waals surface area contributed by atoms with Crippen LogP contribution in [-0.2, 0) is 13.0 Å². The summed E-state index contributed by atoms with van der Waals surface area (Å²) in [6.45, 7) is 1.89. The zero-order chi connectivity index (χ0) is 13.1. The van der Waals surface area contributed by atoms with E-state index >= 15 is 0 Å². The monoisotopic (exact) mass is 390 g/mol. The van der Waals surface area contributed by atoms with Gasteiger partial charge in [-0.1, -0.05) is 12.8 Å². The number of aryl methyl sites for hydroxylation is 1. The van der Waals surface area contributed by atoms with E-state index in [2.05, 4.69) is 25.7 Å². The molecule has 112 valence electrons. The number of guanidine groups is 1. The molecule has 0 saturated heterocycles. The molecule has 3 rings (SSSR count). The van der Waals surface area contributed by atoms with Crippen molar-refractivity contribution in [3.05, 3.63) is 12.2 Å². The van der Waals surface area contributed by atoms with Gasteiger partial charge in [0, 0.05) is 26.1 Å². The molecule has 1 fully saturated rings. The molecule has 1 saturated carbocycles. The lowest BCUT2D eigenvalue weighted by Crippen LogP contribution is -2.47. The van der Waals surface area contributed by atoms with Gasteiger partial charge in [-0.15, -0.1) is 24.0 Å². The average Bonchev–Trinajstić information content (AvgIpc) is 3.13. The molecule has 2 heterocycles. The van der Waals surface area contributed by atoms with Crippen LogP contribution in [0.2, 0.25) is 0 Å². The Bertz CT molecular complexity index is 453. The van der Waals surface area contributed by atoms with E-state index in [0.717, 1.165) is 43.6 Å². The zero-order valence-corrected chi connectivity index (χ0v) is 14.2. The minimum absolute atomic E-state index is 0. The Morgan fingerprint density at radius 1 is 1.45 bits per heavy atom. The summed E-state index contributed by atoms with van der Waals surface area (Å²) in [5.41, 5.74) is 0. The maximum atomic E-state index is 4.29. The number of hydrogen-bond acceptors (Lipinski definition) is 3. The number of fused-ring (bicyclic) bond motifs is 1. The van der Waals surface area contributed by atoms with E-state index in [-0.39, 0.29) is 24.0 Å². The first-order valence-electron chi connectivity index (χ1n) is 7.19. The molecule has 0 amide bonds. The van der Waals surface area contributed by atoms with Crippen molar-refractivity contribution in [1.29, 1.82) is 0 Å². The van der Waals surface area contributed by atoms with Crippen LogP contribution in [-0.4, -0.2) is 40.4 Å². The van der Waals surface area contributed by atoms with Crippen molar-refractivity contribution in [3.8, 4) is 0 Å². The normalized spacial score (nSPS) is 21.9. The Kier molecular flexibility index (Phi) is 5.62. The Balaban J connectivity index is 0.00000147. The standard InChI is InChI=1S/C13H22N6.HI/c1-14-13(15-7-6-10-2-3-10)18-11-4-5-12-16-9-17-19(12)8-11;/h9-11H,2-8H2,1H3,(H2,14,15,18);1H. The van der Waals surface area contributed by atoms with Crippen molar-refractivity contribution in [2.75, 3.05) is 13.6 Å². The molecule has 6 nitrogen and oxygen atoms in total. The van der Waals surface area contributed by atoms with Crippen molar-refractivity contribution in [2.45, 2.75) is 44.7 Å². The fraction of sp³-hybridized carbons (Fsp3) is 0.769. The first-order valence-corrected chi connectivity index (χ1v) is 7.19. The van der Waals surface area contributed by atoms with Gasteiger partial charge in [-0.25, -0.2) is 9.67 Å². The third kappa shape index (κ3) is 4.07. The number of nitrogens with one attached hydrogen (secondary N) is 2. The molecule has 0 spiro atoms. The Labute approximate surface area is 136 Å². The summed E-state index contributed by atoms with van der Waals surface area (Å²) in [5.74, 6) is 2.96. The minimum atomic E-state index is 0. The fourth-order valence-corrected chi connectivity index (χ4v) is 2.54. The number of aromatic nitrogens is 3. The molecule has 1 aliphatic carbocycles. The van der Waals surface area contributed by atoms with Gasteiger partial charge in [0.25, 0.3) is 0 Å².